The number of carbonyl (C=O) groups is 3. The van der Waals surface area contributed by atoms with Crippen molar-refractivity contribution in [1.82, 2.24) is 14.9 Å². The molecule has 3 amide bonds. The lowest BCUT2D eigenvalue weighted by Crippen LogP contribution is -2.59. The van der Waals surface area contributed by atoms with Crippen LogP contribution >= 0.6 is 23.2 Å². The van der Waals surface area contributed by atoms with Gasteiger partial charge in [0, 0.05) is 33.4 Å². The van der Waals surface area contributed by atoms with E-state index in [-0.39, 0.29) is 10.9 Å². The fraction of sp³-hybridized carbons (Fsp3) is 0.323. The van der Waals surface area contributed by atoms with Crippen molar-refractivity contribution in [3.63, 3.8) is 0 Å². The molecule has 0 spiro atoms. The monoisotopic (exact) mass is 660 g/mol. The number of hydrogen-bond donors (Lipinski definition) is 3. The third-order valence-electron chi connectivity index (χ3n) is 7.94. The van der Waals surface area contributed by atoms with Crippen molar-refractivity contribution in [1.29, 1.82) is 0 Å². The summed E-state index contributed by atoms with van der Waals surface area (Å²) >= 11 is 12.9. The number of nitrogens with zero attached hydrogens (tertiary/aromatic N) is 1. The summed E-state index contributed by atoms with van der Waals surface area (Å²) in [4.78, 5) is 42.7. The van der Waals surface area contributed by atoms with Gasteiger partial charge >= 0.3 is 0 Å². The molecule has 0 saturated heterocycles. The van der Waals surface area contributed by atoms with Crippen molar-refractivity contribution in [3.8, 4) is 0 Å². The highest BCUT2D eigenvalue weighted by Crippen LogP contribution is 2.47. The summed E-state index contributed by atoms with van der Waals surface area (Å²) in [6.45, 7) is -0.397. The standard InChI is InChI=1S/C31H31Cl2FN4O5S/c1-44(42,43)37-25-8-4-5-9-26(25)38-29(23-15-10-18(32)16-24(23)33)28(21-6-2-3-7-22(21)31(38)41)30(40)35-17-27(39)36-20-13-11-19(34)12-14-20/h2-3,6-7,10-16,25-26,28-29,37H,4-5,8-9,17H2,1H3,(H,35,40)(H,36,39)/t25-,26-,28+,29-/m0/s1. The fourth-order valence-corrected chi connectivity index (χ4v) is 7.49. The van der Waals surface area contributed by atoms with Crippen LogP contribution in [0.4, 0.5) is 10.1 Å². The van der Waals surface area contributed by atoms with E-state index in [2.05, 4.69) is 15.4 Å². The van der Waals surface area contributed by atoms with E-state index in [0.717, 1.165) is 19.1 Å². The van der Waals surface area contributed by atoms with Gasteiger partial charge in [-0.05, 0) is 66.4 Å². The van der Waals surface area contributed by atoms with Gasteiger partial charge in [0.05, 0.1) is 24.8 Å². The van der Waals surface area contributed by atoms with Crippen LogP contribution in [0, 0.1) is 5.82 Å². The van der Waals surface area contributed by atoms with Gasteiger partial charge in [0.1, 0.15) is 5.82 Å². The average molecular weight is 662 g/mol. The normalized spacial score (nSPS) is 21.8. The molecule has 1 aliphatic carbocycles. The highest BCUT2D eigenvalue weighted by molar-refractivity contribution is 7.88. The molecule has 3 aromatic carbocycles. The SMILES string of the molecule is CS(=O)(=O)N[C@H]1CCCC[C@@H]1N1C(=O)c2ccccc2[C@@H](C(=O)NCC(=O)Nc2ccc(F)cc2)[C@@H]1c1ccc(Cl)cc1Cl. The number of hydrogen-bond acceptors (Lipinski definition) is 5. The number of nitrogens with one attached hydrogen (secondary N) is 3. The smallest absolute Gasteiger partial charge is 0.255 e. The van der Waals surface area contributed by atoms with Crippen molar-refractivity contribution in [2.24, 2.45) is 0 Å². The van der Waals surface area contributed by atoms with Crippen molar-refractivity contribution >= 4 is 56.6 Å². The minimum atomic E-state index is -3.62. The molecule has 0 aromatic heterocycles. The van der Waals surface area contributed by atoms with Crippen LogP contribution in [0.15, 0.2) is 66.7 Å². The Kier molecular flexibility index (Phi) is 9.59. The maximum Gasteiger partial charge on any atom is 0.255 e. The molecule has 0 bridgehead atoms. The maximum absolute atomic E-state index is 14.3. The van der Waals surface area contributed by atoms with Crippen LogP contribution < -0.4 is 15.4 Å². The Morgan fingerprint density at radius 1 is 0.977 bits per heavy atom. The molecule has 2 aliphatic rings. The molecule has 3 aromatic rings. The Morgan fingerprint density at radius 3 is 2.39 bits per heavy atom. The van der Waals surface area contributed by atoms with Crippen molar-refractivity contribution in [2.45, 2.75) is 49.7 Å². The molecule has 1 fully saturated rings. The highest BCUT2D eigenvalue weighted by Gasteiger charge is 2.49. The molecule has 1 aliphatic heterocycles. The predicted octanol–water partition coefficient (Wildman–Crippen LogP) is 5.03. The van der Waals surface area contributed by atoms with Crippen molar-refractivity contribution in [2.75, 3.05) is 18.1 Å². The second-order valence-corrected chi connectivity index (χ2v) is 13.6. The largest absolute Gasteiger partial charge is 0.346 e. The second kappa shape index (κ2) is 13.2. The summed E-state index contributed by atoms with van der Waals surface area (Å²) < 4.78 is 40.7. The molecule has 0 unspecified atom stereocenters. The van der Waals surface area contributed by atoms with Crippen molar-refractivity contribution in [3.05, 3.63) is 99.3 Å². The summed E-state index contributed by atoms with van der Waals surface area (Å²) in [6.07, 6.45) is 3.59. The van der Waals surface area contributed by atoms with Crippen LogP contribution in [0.2, 0.25) is 10.0 Å². The molecule has 3 N–H and O–H groups in total. The van der Waals surface area contributed by atoms with Gasteiger partial charge in [-0.3, -0.25) is 14.4 Å². The van der Waals surface area contributed by atoms with Gasteiger partial charge in [-0.2, -0.15) is 0 Å². The zero-order valence-corrected chi connectivity index (χ0v) is 26.1. The number of amides is 3. The summed E-state index contributed by atoms with van der Waals surface area (Å²) in [5, 5.41) is 5.91. The Morgan fingerprint density at radius 2 is 1.68 bits per heavy atom. The van der Waals surface area contributed by atoms with Gasteiger partial charge in [0.15, 0.2) is 0 Å². The van der Waals surface area contributed by atoms with Crippen LogP contribution in [0.5, 0.6) is 0 Å². The molecule has 232 valence electrons. The third-order valence-corrected chi connectivity index (χ3v) is 9.24. The van der Waals surface area contributed by atoms with Gasteiger partial charge in [-0.15, -0.1) is 0 Å². The summed E-state index contributed by atoms with van der Waals surface area (Å²) in [6, 6.07) is 14.6. The van der Waals surface area contributed by atoms with Crippen LogP contribution in [-0.4, -0.2) is 55.9 Å². The molecule has 9 nitrogen and oxygen atoms in total. The van der Waals surface area contributed by atoms with E-state index < -0.39 is 58.2 Å². The first-order chi connectivity index (χ1) is 20.9. The minimum Gasteiger partial charge on any atom is -0.346 e. The van der Waals surface area contributed by atoms with Crippen LogP contribution in [0.25, 0.3) is 0 Å². The number of carbonyl (C=O) groups excluding carboxylic acids is 3. The first-order valence-electron chi connectivity index (χ1n) is 14.1. The van der Waals surface area contributed by atoms with Crippen LogP contribution in [0.3, 0.4) is 0 Å². The summed E-state index contributed by atoms with van der Waals surface area (Å²) in [7, 11) is -3.62. The van der Waals surface area contributed by atoms with Crippen LogP contribution in [-0.2, 0) is 19.6 Å². The Hall–Kier alpha value is -3.51. The topological polar surface area (TPSA) is 125 Å². The van der Waals surface area contributed by atoms with Crippen molar-refractivity contribution < 1.29 is 27.2 Å². The fourth-order valence-electron chi connectivity index (χ4n) is 6.14. The number of fused-ring (bicyclic) bond motifs is 1. The van der Waals surface area contributed by atoms with E-state index in [1.165, 1.54) is 30.3 Å². The first kappa shape index (κ1) is 31.9. The quantitative estimate of drug-likeness (QED) is 0.313. The first-order valence-corrected chi connectivity index (χ1v) is 16.7. The number of halogens is 3. The lowest BCUT2D eigenvalue weighted by molar-refractivity contribution is -0.127. The van der Waals surface area contributed by atoms with E-state index >= 15 is 0 Å². The second-order valence-electron chi connectivity index (χ2n) is 11.0. The van der Waals surface area contributed by atoms with E-state index in [4.69, 9.17) is 23.2 Å². The number of anilines is 1. The predicted molar refractivity (Wildman–Crippen MR) is 167 cm³/mol. The van der Waals surface area contributed by atoms with E-state index in [9.17, 15) is 27.2 Å². The number of benzene rings is 3. The van der Waals surface area contributed by atoms with Gasteiger partial charge in [-0.1, -0.05) is 60.3 Å². The number of sulfonamides is 1. The zero-order valence-electron chi connectivity index (χ0n) is 23.7. The lowest BCUT2D eigenvalue weighted by atomic mass is 9.76. The van der Waals surface area contributed by atoms with Gasteiger partial charge in [-0.25, -0.2) is 17.5 Å². The minimum absolute atomic E-state index is 0.231. The molecule has 44 heavy (non-hydrogen) atoms. The van der Waals surface area contributed by atoms with E-state index in [0.29, 0.717) is 40.2 Å². The highest BCUT2D eigenvalue weighted by atomic mass is 35.5. The van der Waals surface area contributed by atoms with Gasteiger partial charge in [0.25, 0.3) is 5.91 Å². The summed E-state index contributed by atoms with van der Waals surface area (Å²) in [5.74, 6) is -2.90. The Bertz CT molecular complexity index is 1690. The molecule has 4 atom stereocenters. The molecule has 1 heterocycles. The van der Waals surface area contributed by atoms with Gasteiger partial charge in [0.2, 0.25) is 21.8 Å². The van der Waals surface area contributed by atoms with Gasteiger partial charge < -0.3 is 15.5 Å². The van der Waals surface area contributed by atoms with E-state index in [1.807, 2.05) is 0 Å². The number of rotatable bonds is 8. The molecule has 0 radical (unpaired) electrons. The third kappa shape index (κ3) is 7.07. The molecule has 13 heteroatoms. The Balaban J connectivity index is 1.55. The molecular formula is C31H31Cl2FN4O5S. The Labute approximate surface area is 265 Å². The lowest BCUT2D eigenvalue weighted by Gasteiger charge is -2.49. The maximum atomic E-state index is 14.3. The summed E-state index contributed by atoms with van der Waals surface area (Å²) in [5.41, 5.74) is 1.56. The average Bonchev–Trinajstić information content (AvgIpc) is 2.97. The molecular weight excluding hydrogens is 630 g/mol. The molecule has 5 rings (SSSR count). The molecule has 1 saturated carbocycles. The van der Waals surface area contributed by atoms with E-state index in [1.54, 1.807) is 41.3 Å². The zero-order chi connectivity index (χ0) is 31.6. The van der Waals surface area contributed by atoms with Crippen LogP contribution in [0.1, 0.15) is 59.1 Å².